The lowest BCUT2D eigenvalue weighted by molar-refractivity contribution is 0.617. The molecular formula is C23H28FNS. The van der Waals surface area contributed by atoms with Crippen molar-refractivity contribution in [3.8, 4) is 0 Å². The number of halogens is 1. The van der Waals surface area contributed by atoms with Crippen LogP contribution in [0.3, 0.4) is 0 Å². The zero-order valence-corrected chi connectivity index (χ0v) is 16.7. The lowest BCUT2D eigenvalue weighted by Crippen LogP contribution is -2.11. The second kappa shape index (κ2) is 7.32. The minimum Gasteiger partial charge on any atom is -0.402 e. The maximum atomic E-state index is 14.1. The van der Waals surface area contributed by atoms with Gasteiger partial charge in [-0.2, -0.15) is 0 Å². The van der Waals surface area contributed by atoms with Gasteiger partial charge in [0.2, 0.25) is 0 Å². The Morgan fingerprint density at radius 2 is 1.73 bits per heavy atom. The fourth-order valence-electron chi connectivity index (χ4n) is 3.66. The van der Waals surface area contributed by atoms with E-state index in [-0.39, 0.29) is 11.7 Å². The lowest BCUT2D eigenvalue weighted by Gasteiger charge is -2.33. The van der Waals surface area contributed by atoms with Gasteiger partial charge in [0.05, 0.1) is 0 Å². The third kappa shape index (κ3) is 4.04. The Morgan fingerprint density at radius 1 is 1.08 bits per heavy atom. The fraction of sp³-hybridized carbons (Fsp3) is 0.304. The molecule has 1 atom stereocenters. The van der Waals surface area contributed by atoms with E-state index < -0.39 is 10.0 Å². The van der Waals surface area contributed by atoms with Gasteiger partial charge in [0.15, 0.2) is 0 Å². The highest BCUT2D eigenvalue weighted by molar-refractivity contribution is 8.32. The molecule has 0 spiro atoms. The van der Waals surface area contributed by atoms with Crippen molar-refractivity contribution in [1.29, 1.82) is 0 Å². The standard InChI is InChI=1S/C23H28FNS/c1-16-9-11-18(12-10-16)20-13-23(25)21(17(20)2)15-26(3,4)14-19-7-5-6-8-22(19)24/h5-12,20H,2,13-15,25H2,1,3-4H3. The van der Waals surface area contributed by atoms with Crippen LogP contribution in [0.5, 0.6) is 0 Å². The second-order valence-corrected chi connectivity index (χ2v) is 12.0. The zero-order valence-electron chi connectivity index (χ0n) is 15.9. The fourth-order valence-corrected chi connectivity index (χ4v) is 5.99. The van der Waals surface area contributed by atoms with Crippen LogP contribution in [0.4, 0.5) is 4.39 Å². The highest BCUT2D eigenvalue weighted by atomic mass is 32.3. The minimum absolute atomic E-state index is 0.113. The van der Waals surface area contributed by atoms with Crippen LogP contribution in [0.1, 0.15) is 29.0 Å². The summed E-state index contributed by atoms with van der Waals surface area (Å²) in [5.74, 6) is 1.82. The van der Waals surface area contributed by atoms with Crippen molar-refractivity contribution in [1.82, 2.24) is 0 Å². The van der Waals surface area contributed by atoms with Crippen molar-refractivity contribution in [3.63, 3.8) is 0 Å². The van der Waals surface area contributed by atoms with Crippen molar-refractivity contribution in [2.75, 3.05) is 18.3 Å². The van der Waals surface area contributed by atoms with Gasteiger partial charge in [-0.15, -0.1) is 0 Å². The largest absolute Gasteiger partial charge is 0.402 e. The van der Waals surface area contributed by atoms with Crippen LogP contribution in [0.25, 0.3) is 0 Å². The van der Waals surface area contributed by atoms with Gasteiger partial charge in [-0.1, -0.05) is 54.6 Å². The summed E-state index contributed by atoms with van der Waals surface area (Å²) in [6.45, 7) is 6.47. The average Bonchev–Trinajstić information content (AvgIpc) is 2.85. The normalized spacial score (nSPS) is 18.5. The van der Waals surface area contributed by atoms with E-state index in [0.717, 1.165) is 34.8 Å². The van der Waals surface area contributed by atoms with E-state index in [1.165, 1.54) is 16.7 Å². The van der Waals surface area contributed by atoms with Crippen LogP contribution in [0.15, 0.2) is 72.0 Å². The number of rotatable bonds is 5. The maximum Gasteiger partial charge on any atom is 0.127 e. The Balaban J connectivity index is 1.76. The van der Waals surface area contributed by atoms with Gasteiger partial charge in [-0.3, -0.25) is 0 Å². The summed E-state index contributed by atoms with van der Waals surface area (Å²) >= 11 is 0. The molecule has 0 saturated carbocycles. The third-order valence-corrected chi connectivity index (χ3v) is 7.30. The van der Waals surface area contributed by atoms with Gasteiger partial charge >= 0.3 is 0 Å². The van der Waals surface area contributed by atoms with E-state index in [0.29, 0.717) is 0 Å². The molecule has 2 N–H and O–H groups in total. The first kappa shape index (κ1) is 18.8. The topological polar surface area (TPSA) is 26.0 Å². The zero-order chi connectivity index (χ0) is 18.9. The molecule has 0 bridgehead atoms. The van der Waals surface area contributed by atoms with E-state index >= 15 is 0 Å². The molecule has 2 aromatic rings. The van der Waals surface area contributed by atoms with Crippen molar-refractivity contribution >= 4 is 10.0 Å². The number of nitrogens with two attached hydrogens (primary N) is 1. The molecule has 0 aromatic heterocycles. The monoisotopic (exact) mass is 369 g/mol. The molecular weight excluding hydrogens is 341 g/mol. The molecule has 2 aromatic carbocycles. The lowest BCUT2D eigenvalue weighted by atomic mass is 9.91. The Bertz CT molecular complexity index is 849. The molecule has 1 aliphatic carbocycles. The summed E-state index contributed by atoms with van der Waals surface area (Å²) in [6.07, 6.45) is 5.35. The first-order valence-corrected chi connectivity index (χ1v) is 11.7. The highest BCUT2D eigenvalue weighted by Crippen LogP contribution is 2.51. The van der Waals surface area contributed by atoms with Crippen LogP contribution in [0, 0.1) is 12.7 Å². The number of hydrogen-bond donors (Lipinski definition) is 1. The van der Waals surface area contributed by atoms with E-state index in [9.17, 15) is 4.39 Å². The molecule has 3 heteroatoms. The number of benzene rings is 2. The quantitative estimate of drug-likeness (QED) is 0.723. The Morgan fingerprint density at radius 3 is 2.38 bits per heavy atom. The van der Waals surface area contributed by atoms with Crippen molar-refractivity contribution in [2.45, 2.75) is 25.0 Å². The third-order valence-electron chi connectivity index (χ3n) is 5.14. The molecule has 1 nitrogen and oxygen atoms in total. The predicted octanol–water partition coefficient (Wildman–Crippen LogP) is 5.65. The van der Waals surface area contributed by atoms with Crippen LogP contribution in [-0.4, -0.2) is 18.3 Å². The van der Waals surface area contributed by atoms with Crippen molar-refractivity contribution < 1.29 is 4.39 Å². The Kier molecular flexibility index (Phi) is 5.29. The van der Waals surface area contributed by atoms with Crippen molar-refractivity contribution in [3.05, 3.63) is 94.5 Å². The molecule has 26 heavy (non-hydrogen) atoms. The molecule has 1 aliphatic rings. The molecule has 1 unspecified atom stereocenters. The minimum atomic E-state index is -1.06. The summed E-state index contributed by atoms with van der Waals surface area (Å²) in [6, 6.07) is 15.7. The van der Waals surface area contributed by atoms with Crippen LogP contribution in [-0.2, 0) is 5.75 Å². The summed E-state index contributed by atoms with van der Waals surface area (Å²) in [4.78, 5) is 0. The van der Waals surface area contributed by atoms with Gasteiger partial charge in [0.25, 0.3) is 0 Å². The SMILES string of the molecule is C=C1C(CS(C)(C)Cc2ccccc2F)=C(N)CC1c1ccc(C)cc1. The molecule has 0 saturated heterocycles. The number of allylic oxidation sites excluding steroid dienone is 2. The number of hydrogen-bond acceptors (Lipinski definition) is 1. The van der Waals surface area contributed by atoms with Crippen LogP contribution >= 0.6 is 10.0 Å². The van der Waals surface area contributed by atoms with E-state index in [2.05, 4.69) is 50.3 Å². The van der Waals surface area contributed by atoms with Gasteiger partial charge in [0.1, 0.15) is 5.82 Å². The molecule has 0 fully saturated rings. The molecule has 0 aliphatic heterocycles. The molecule has 0 amide bonds. The summed E-state index contributed by atoms with van der Waals surface area (Å²) in [7, 11) is -1.06. The summed E-state index contributed by atoms with van der Waals surface area (Å²) < 4.78 is 14.1. The summed E-state index contributed by atoms with van der Waals surface area (Å²) in [5, 5.41) is 0. The smallest absolute Gasteiger partial charge is 0.127 e. The van der Waals surface area contributed by atoms with Gasteiger partial charge in [0, 0.05) is 23.1 Å². The Hall–Kier alpha value is -2.00. The van der Waals surface area contributed by atoms with Gasteiger partial charge in [-0.25, -0.2) is 14.4 Å². The van der Waals surface area contributed by atoms with Crippen molar-refractivity contribution in [2.24, 2.45) is 5.73 Å². The van der Waals surface area contributed by atoms with E-state index in [1.807, 2.05) is 12.1 Å². The first-order valence-electron chi connectivity index (χ1n) is 8.92. The van der Waals surface area contributed by atoms with E-state index in [4.69, 9.17) is 5.73 Å². The van der Waals surface area contributed by atoms with Crippen LogP contribution < -0.4 is 5.73 Å². The van der Waals surface area contributed by atoms with Crippen LogP contribution in [0.2, 0.25) is 0 Å². The highest BCUT2D eigenvalue weighted by Gasteiger charge is 2.30. The molecule has 3 rings (SSSR count). The molecule has 0 heterocycles. The second-order valence-electron chi connectivity index (χ2n) is 7.84. The molecule has 138 valence electrons. The average molecular weight is 370 g/mol. The Labute approximate surface area is 158 Å². The van der Waals surface area contributed by atoms with E-state index in [1.54, 1.807) is 12.1 Å². The van der Waals surface area contributed by atoms with Gasteiger partial charge < -0.3 is 5.73 Å². The maximum absolute atomic E-state index is 14.1. The predicted molar refractivity (Wildman–Crippen MR) is 113 cm³/mol. The summed E-state index contributed by atoms with van der Waals surface area (Å²) in [5.41, 5.74) is 13.0. The first-order chi connectivity index (χ1) is 12.3. The van der Waals surface area contributed by atoms with Gasteiger partial charge in [-0.05, 0) is 54.2 Å². The molecule has 0 radical (unpaired) electrons. The number of aryl methyl sites for hydroxylation is 1.